The topological polar surface area (TPSA) is 41.1 Å². The minimum atomic E-state index is 0.574. The number of nitrogens with one attached hydrogen (secondary N) is 1. The van der Waals surface area contributed by atoms with Crippen LogP contribution >= 0.6 is 0 Å². The van der Waals surface area contributed by atoms with Crippen molar-refractivity contribution in [3.8, 4) is 0 Å². The van der Waals surface area contributed by atoms with Crippen LogP contribution in [0.1, 0.15) is 49.9 Å². The molecule has 1 aromatic rings. The highest BCUT2D eigenvalue weighted by Crippen LogP contribution is 2.41. The minimum absolute atomic E-state index is 0.574. The molecule has 4 nitrogen and oxygen atoms in total. The molecular formula is C15H24N4. The fraction of sp³-hybridized carbons (Fsp3) is 0.733. The molecule has 1 N–H and O–H groups in total. The maximum atomic E-state index is 4.85. The molecule has 19 heavy (non-hydrogen) atoms. The first kappa shape index (κ1) is 12.7. The normalized spacial score (nSPS) is 20.2. The van der Waals surface area contributed by atoms with E-state index < -0.39 is 0 Å². The molecule has 0 spiro atoms. The lowest BCUT2D eigenvalue weighted by Gasteiger charge is -2.28. The molecule has 104 valence electrons. The van der Waals surface area contributed by atoms with Crippen molar-refractivity contribution in [3.05, 3.63) is 11.4 Å². The predicted octanol–water partition coefficient (Wildman–Crippen LogP) is 2.94. The summed E-state index contributed by atoms with van der Waals surface area (Å²) in [4.78, 5) is 11.9. The molecule has 1 atom stereocenters. The Morgan fingerprint density at radius 1 is 1.21 bits per heavy atom. The highest BCUT2D eigenvalue weighted by atomic mass is 15.2. The number of hydrogen-bond donors (Lipinski definition) is 1. The standard InChI is InChI=1S/C15H24N4/c1-9-13(16-3)17-14(12-7-8-12)18-15(9)19(4)10(2)11-5-6-11/h10-12H,5-8H2,1-4H3,(H,16,17,18). The highest BCUT2D eigenvalue weighted by Gasteiger charge is 2.33. The zero-order valence-corrected chi connectivity index (χ0v) is 12.4. The quantitative estimate of drug-likeness (QED) is 0.883. The Morgan fingerprint density at radius 3 is 2.42 bits per heavy atom. The van der Waals surface area contributed by atoms with E-state index >= 15 is 0 Å². The van der Waals surface area contributed by atoms with Crippen molar-refractivity contribution in [2.75, 3.05) is 24.3 Å². The molecule has 0 aromatic carbocycles. The molecule has 0 bridgehead atoms. The molecule has 2 aliphatic carbocycles. The van der Waals surface area contributed by atoms with Crippen LogP contribution in [-0.2, 0) is 0 Å². The van der Waals surface area contributed by atoms with E-state index in [2.05, 4.69) is 36.1 Å². The molecule has 0 aliphatic heterocycles. The van der Waals surface area contributed by atoms with Gasteiger partial charge in [-0.3, -0.25) is 0 Å². The Morgan fingerprint density at radius 2 is 1.89 bits per heavy atom. The third-order valence-electron chi connectivity index (χ3n) is 4.57. The van der Waals surface area contributed by atoms with Gasteiger partial charge in [0.2, 0.25) is 0 Å². The average Bonchev–Trinajstić information content (AvgIpc) is 3.29. The Kier molecular flexibility index (Phi) is 3.11. The van der Waals surface area contributed by atoms with Crippen LogP contribution in [0.4, 0.5) is 11.6 Å². The summed E-state index contributed by atoms with van der Waals surface area (Å²) in [5.41, 5.74) is 1.17. The lowest BCUT2D eigenvalue weighted by molar-refractivity contribution is 0.600. The zero-order valence-electron chi connectivity index (χ0n) is 12.4. The predicted molar refractivity (Wildman–Crippen MR) is 78.9 cm³/mol. The van der Waals surface area contributed by atoms with E-state index in [1.807, 2.05) is 7.05 Å². The number of aromatic nitrogens is 2. The summed E-state index contributed by atoms with van der Waals surface area (Å²) in [5, 5.41) is 3.22. The fourth-order valence-corrected chi connectivity index (χ4v) is 2.72. The van der Waals surface area contributed by atoms with Gasteiger partial charge in [0.05, 0.1) is 0 Å². The molecular weight excluding hydrogens is 236 g/mol. The van der Waals surface area contributed by atoms with E-state index in [-0.39, 0.29) is 0 Å². The molecule has 3 rings (SSSR count). The van der Waals surface area contributed by atoms with Crippen LogP contribution in [0.5, 0.6) is 0 Å². The summed E-state index contributed by atoms with van der Waals surface area (Å²) in [7, 11) is 4.12. The van der Waals surface area contributed by atoms with Gasteiger partial charge in [-0.2, -0.15) is 0 Å². The monoisotopic (exact) mass is 260 g/mol. The molecule has 0 amide bonds. The third kappa shape index (κ3) is 2.40. The maximum absolute atomic E-state index is 4.85. The highest BCUT2D eigenvalue weighted by molar-refractivity contribution is 5.59. The van der Waals surface area contributed by atoms with E-state index in [4.69, 9.17) is 4.98 Å². The van der Waals surface area contributed by atoms with Gasteiger partial charge in [-0.25, -0.2) is 9.97 Å². The molecule has 0 saturated heterocycles. The minimum Gasteiger partial charge on any atom is -0.373 e. The van der Waals surface area contributed by atoms with E-state index in [0.29, 0.717) is 12.0 Å². The van der Waals surface area contributed by atoms with Crippen molar-refractivity contribution in [1.29, 1.82) is 0 Å². The van der Waals surface area contributed by atoms with Crippen LogP contribution in [0.2, 0.25) is 0 Å². The molecule has 1 unspecified atom stereocenters. The first-order chi connectivity index (χ1) is 9.11. The summed E-state index contributed by atoms with van der Waals surface area (Å²) in [6.45, 7) is 4.43. The van der Waals surface area contributed by atoms with Gasteiger partial charge in [0.25, 0.3) is 0 Å². The second-order valence-corrected chi connectivity index (χ2v) is 6.09. The number of hydrogen-bond acceptors (Lipinski definition) is 4. The summed E-state index contributed by atoms with van der Waals surface area (Å²) >= 11 is 0. The second kappa shape index (κ2) is 4.66. The first-order valence-corrected chi connectivity index (χ1v) is 7.41. The summed E-state index contributed by atoms with van der Waals surface area (Å²) in [6.07, 6.45) is 5.22. The van der Waals surface area contributed by atoms with E-state index in [0.717, 1.165) is 23.4 Å². The van der Waals surface area contributed by atoms with Crippen molar-refractivity contribution in [2.45, 2.75) is 51.5 Å². The molecule has 1 heterocycles. The van der Waals surface area contributed by atoms with Crippen LogP contribution in [0.25, 0.3) is 0 Å². The van der Waals surface area contributed by atoms with Crippen LogP contribution in [-0.4, -0.2) is 30.1 Å². The van der Waals surface area contributed by atoms with Gasteiger partial charge in [-0.15, -0.1) is 0 Å². The summed E-state index contributed by atoms with van der Waals surface area (Å²) in [5.74, 6) is 4.57. The first-order valence-electron chi connectivity index (χ1n) is 7.41. The van der Waals surface area contributed by atoms with Crippen molar-refractivity contribution in [3.63, 3.8) is 0 Å². The van der Waals surface area contributed by atoms with Gasteiger partial charge in [0.15, 0.2) is 0 Å². The molecule has 2 saturated carbocycles. The van der Waals surface area contributed by atoms with Crippen LogP contribution in [0, 0.1) is 12.8 Å². The zero-order chi connectivity index (χ0) is 13.6. The SMILES string of the molecule is CNc1nc(C2CC2)nc(N(C)C(C)C2CC2)c1C. The molecule has 2 aliphatic rings. The van der Waals surface area contributed by atoms with Gasteiger partial charge in [0.1, 0.15) is 17.5 Å². The van der Waals surface area contributed by atoms with Gasteiger partial charge < -0.3 is 10.2 Å². The van der Waals surface area contributed by atoms with E-state index in [1.54, 1.807) is 0 Å². The third-order valence-corrected chi connectivity index (χ3v) is 4.57. The second-order valence-electron chi connectivity index (χ2n) is 6.09. The average molecular weight is 260 g/mol. The smallest absolute Gasteiger partial charge is 0.137 e. The van der Waals surface area contributed by atoms with Crippen molar-refractivity contribution < 1.29 is 0 Å². The summed E-state index contributed by atoms with van der Waals surface area (Å²) < 4.78 is 0. The Bertz CT molecular complexity index is 477. The van der Waals surface area contributed by atoms with Gasteiger partial charge in [0, 0.05) is 31.6 Å². The maximum Gasteiger partial charge on any atom is 0.137 e. The van der Waals surface area contributed by atoms with Gasteiger partial charge in [-0.1, -0.05) is 0 Å². The lowest BCUT2D eigenvalue weighted by atomic mass is 10.1. The van der Waals surface area contributed by atoms with Crippen LogP contribution in [0.15, 0.2) is 0 Å². The molecule has 4 heteroatoms. The fourth-order valence-electron chi connectivity index (χ4n) is 2.72. The molecule has 2 fully saturated rings. The van der Waals surface area contributed by atoms with E-state index in [1.165, 1.54) is 31.2 Å². The van der Waals surface area contributed by atoms with Crippen LogP contribution < -0.4 is 10.2 Å². The Labute approximate surface area is 115 Å². The Hall–Kier alpha value is -1.32. The lowest BCUT2D eigenvalue weighted by Crippen LogP contribution is -2.32. The number of nitrogens with zero attached hydrogens (tertiary/aromatic N) is 3. The van der Waals surface area contributed by atoms with Crippen molar-refractivity contribution in [2.24, 2.45) is 5.92 Å². The van der Waals surface area contributed by atoms with Crippen molar-refractivity contribution in [1.82, 2.24) is 9.97 Å². The van der Waals surface area contributed by atoms with E-state index in [9.17, 15) is 0 Å². The summed E-state index contributed by atoms with van der Waals surface area (Å²) in [6, 6.07) is 0.574. The molecule has 0 radical (unpaired) electrons. The van der Waals surface area contributed by atoms with Crippen LogP contribution in [0.3, 0.4) is 0 Å². The van der Waals surface area contributed by atoms with Gasteiger partial charge in [-0.05, 0) is 45.4 Å². The largest absolute Gasteiger partial charge is 0.373 e. The van der Waals surface area contributed by atoms with Gasteiger partial charge >= 0.3 is 0 Å². The Balaban J connectivity index is 1.95. The van der Waals surface area contributed by atoms with Crippen molar-refractivity contribution >= 4 is 11.6 Å². The molecule has 1 aromatic heterocycles. The number of anilines is 2. The number of rotatable bonds is 5.